The molecule has 0 fully saturated rings. The number of nitrogens with one attached hydrogen (secondary N) is 1. The van der Waals surface area contributed by atoms with Crippen molar-refractivity contribution >= 4 is 23.9 Å². The van der Waals surface area contributed by atoms with Crippen molar-refractivity contribution in [1.82, 2.24) is 5.32 Å². The predicted molar refractivity (Wildman–Crippen MR) is 93.8 cm³/mol. The van der Waals surface area contributed by atoms with Crippen LogP contribution in [0.2, 0.25) is 0 Å². The lowest BCUT2D eigenvalue weighted by Crippen LogP contribution is -2.33. The molecule has 0 saturated carbocycles. The van der Waals surface area contributed by atoms with Gasteiger partial charge in [0.2, 0.25) is 5.91 Å². The maximum atomic E-state index is 11.9. The summed E-state index contributed by atoms with van der Waals surface area (Å²) in [6.07, 6.45) is 2.95. The van der Waals surface area contributed by atoms with Crippen molar-refractivity contribution in [3.05, 3.63) is 71.3 Å². The summed E-state index contributed by atoms with van der Waals surface area (Å²) in [4.78, 5) is 34.4. The molecule has 6 heteroatoms. The van der Waals surface area contributed by atoms with Crippen LogP contribution in [0.25, 0.3) is 6.08 Å². The molecule has 25 heavy (non-hydrogen) atoms. The van der Waals surface area contributed by atoms with Crippen molar-refractivity contribution in [1.29, 1.82) is 0 Å². The number of nitrogens with two attached hydrogens (primary N) is 1. The van der Waals surface area contributed by atoms with E-state index in [2.05, 4.69) is 5.32 Å². The molecule has 0 unspecified atom stereocenters. The average molecular weight is 338 g/mol. The molecule has 2 amide bonds. The summed E-state index contributed by atoms with van der Waals surface area (Å²) in [5.74, 6) is -1.45. The normalized spacial score (nSPS) is 10.4. The van der Waals surface area contributed by atoms with Gasteiger partial charge in [-0.15, -0.1) is 0 Å². The van der Waals surface area contributed by atoms with E-state index in [0.29, 0.717) is 0 Å². The van der Waals surface area contributed by atoms with Crippen LogP contribution in [0.3, 0.4) is 0 Å². The van der Waals surface area contributed by atoms with E-state index in [0.717, 1.165) is 11.1 Å². The van der Waals surface area contributed by atoms with Gasteiger partial charge in [-0.25, -0.2) is 4.79 Å². The van der Waals surface area contributed by atoms with Gasteiger partial charge >= 0.3 is 5.97 Å². The fraction of sp³-hybridized carbons (Fsp3) is 0.105. The van der Waals surface area contributed by atoms with E-state index in [9.17, 15) is 14.4 Å². The zero-order valence-electron chi connectivity index (χ0n) is 13.7. The average Bonchev–Trinajstić information content (AvgIpc) is 2.59. The van der Waals surface area contributed by atoms with Crippen molar-refractivity contribution in [2.75, 3.05) is 6.54 Å². The molecule has 0 aliphatic rings. The van der Waals surface area contributed by atoms with Gasteiger partial charge in [-0.1, -0.05) is 35.9 Å². The number of amides is 2. The predicted octanol–water partition coefficient (Wildman–Crippen LogP) is 1.83. The van der Waals surface area contributed by atoms with E-state index in [-0.39, 0.29) is 17.9 Å². The van der Waals surface area contributed by atoms with Gasteiger partial charge in [0.15, 0.2) is 0 Å². The maximum absolute atomic E-state index is 11.9. The molecule has 0 atom stereocenters. The van der Waals surface area contributed by atoms with Crippen LogP contribution in [0, 0.1) is 6.92 Å². The van der Waals surface area contributed by atoms with Crippen molar-refractivity contribution in [2.24, 2.45) is 5.73 Å². The molecule has 0 bridgehead atoms. The number of aryl methyl sites for hydroxylation is 1. The maximum Gasteiger partial charge on any atom is 0.336 e. The first-order valence-electron chi connectivity index (χ1n) is 7.57. The second kappa shape index (κ2) is 8.44. The molecule has 2 aromatic carbocycles. The molecule has 2 aromatic rings. The molecule has 0 aliphatic heterocycles. The Balaban J connectivity index is 1.98. The summed E-state index contributed by atoms with van der Waals surface area (Å²) in [5, 5.41) is 2.36. The molecule has 0 radical (unpaired) electrons. The molecular weight excluding hydrogens is 320 g/mol. The lowest BCUT2D eigenvalue weighted by Gasteiger charge is -2.05. The van der Waals surface area contributed by atoms with E-state index in [4.69, 9.17) is 10.5 Å². The zero-order chi connectivity index (χ0) is 18.2. The highest BCUT2D eigenvalue weighted by Crippen LogP contribution is 2.14. The minimum absolute atomic E-state index is 0.227. The smallest absolute Gasteiger partial charge is 0.336 e. The van der Waals surface area contributed by atoms with Crippen LogP contribution < -0.4 is 15.8 Å². The van der Waals surface area contributed by atoms with Gasteiger partial charge in [0.05, 0.1) is 6.54 Å². The molecule has 6 nitrogen and oxygen atoms in total. The third-order valence-electron chi connectivity index (χ3n) is 3.23. The second-order valence-electron chi connectivity index (χ2n) is 5.34. The number of primary amides is 1. The summed E-state index contributed by atoms with van der Waals surface area (Å²) in [6, 6.07) is 13.8. The van der Waals surface area contributed by atoms with Crippen molar-refractivity contribution in [2.45, 2.75) is 6.92 Å². The summed E-state index contributed by atoms with van der Waals surface area (Å²) < 4.78 is 5.18. The van der Waals surface area contributed by atoms with E-state index in [1.807, 2.05) is 31.2 Å². The topological polar surface area (TPSA) is 98.5 Å². The van der Waals surface area contributed by atoms with E-state index in [1.54, 1.807) is 18.2 Å². The monoisotopic (exact) mass is 338 g/mol. The van der Waals surface area contributed by atoms with Crippen LogP contribution in [0.15, 0.2) is 54.6 Å². The number of hydrogen-bond acceptors (Lipinski definition) is 4. The summed E-state index contributed by atoms with van der Waals surface area (Å²) in [5.41, 5.74) is 7.24. The SMILES string of the molecule is Cc1ccc(/C=C\C(=O)Oc2cccc(C(=O)NCC(N)=O)c2)cc1. The van der Waals surface area contributed by atoms with Gasteiger partial charge in [0.1, 0.15) is 5.75 Å². The Morgan fingerprint density at radius 2 is 1.84 bits per heavy atom. The van der Waals surface area contributed by atoms with Crippen LogP contribution in [0.4, 0.5) is 0 Å². The third kappa shape index (κ3) is 5.95. The number of benzene rings is 2. The zero-order valence-corrected chi connectivity index (χ0v) is 13.7. The Morgan fingerprint density at radius 1 is 1.12 bits per heavy atom. The highest BCUT2D eigenvalue weighted by atomic mass is 16.5. The minimum Gasteiger partial charge on any atom is -0.423 e. The minimum atomic E-state index is -0.642. The highest BCUT2D eigenvalue weighted by molar-refractivity contribution is 5.97. The van der Waals surface area contributed by atoms with Crippen LogP contribution >= 0.6 is 0 Å². The molecule has 128 valence electrons. The molecule has 0 saturated heterocycles. The van der Waals surface area contributed by atoms with Gasteiger partial charge in [-0.2, -0.15) is 0 Å². The Morgan fingerprint density at radius 3 is 2.52 bits per heavy atom. The lowest BCUT2D eigenvalue weighted by atomic mass is 10.1. The van der Waals surface area contributed by atoms with Gasteiger partial charge in [0.25, 0.3) is 5.91 Å². The molecular formula is C19H18N2O4. The number of carbonyl (C=O) groups is 3. The largest absolute Gasteiger partial charge is 0.423 e. The number of rotatable bonds is 6. The Kier molecular flexibility index (Phi) is 6.06. The van der Waals surface area contributed by atoms with Crippen molar-refractivity contribution in [3.63, 3.8) is 0 Å². The van der Waals surface area contributed by atoms with E-state index >= 15 is 0 Å². The van der Waals surface area contributed by atoms with Gasteiger partial charge in [0, 0.05) is 11.6 Å². The number of esters is 1. The number of hydrogen-bond donors (Lipinski definition) is 2. The third-order valence-corrected chi connectivity index (χ3v) is 3.23. The summed E-state index contributed by atoms with van der Waals surface area (Å²) in [6.45, 7) is 1.72. The van der Waals surface area contributed by atoms with Gasteiger partial charge in [-0.05, 0) is 36.8 Å². The molecule has 0 spiro atoms. The van der Waals surface area contributed by atoms with Gasteiger partial charge in [-0.3, -0.25) is 9.59 Å². The van der Waals surface area contributed by atoms with Crippen LogP contribution in [0.1, 0.15) is 21.5 Å². The van der Waals surface area contributed by atoms with Crippen molar-refractivity contribution < 1.29 is 19.1 Å². The molecule has 2 rings (SSSR count). The van der Waals surface area contributed by atoms with Gasteiger partial charge < -0.3 is 15.8 Å². The Hall–Kier alpha value is -3.41. The number of carbonyl (C=O) groups excluding carboxylic acids is 3. The lowest BCUT2D eigenvalue weighted by molar-refractivity contribution is -0.128. The van der Waals surface area contributed by atoms with Crippen molar-refractivity contribution in [3.8, 4) is 5.75 Å². The molecule has 0 aromatic heterocycles. The first-order chi connectivity index (χ1) is 11.9. The summed E-state index contributed by atoms with van der Waals surface area (Å²) >= 11 is 0. The summed E-state index contributed by atoms with van der Waals surface area (Å²) in [7, 11) is 0. The Labute approximate surface area is 145 Å². The highest BCUT2D eigenvalue weighted by Gasteiger charge is 2.08. The molecule has 0 heterocycles. The standard InChI is InChI=1S/C19H18N2O4/c1-13-5-7-14(8-6-13)9-10-18(23)25-16-4-2-3-15(11-16)19(24)21-12-17(20)22/h2-11H,12H2,1H3,(H2,20,22)(H,21,24)/b10-9-. The first kappa shape index (κ1) is 17.9. The Bertz CT molecular complexity index is 810. The first-order valence-corrected chi connectivity index (χ1v) is 7.57. The fourth-order valence-corrected chi connectivity index (χ4v) is 1.96. The molecule has 3 N–H and O–H groups in total. The second-order valence-corrected chi connectivity index (χ2v) is 5.34. The van der Waals surface area contributed by atoms with E-state index < -0.39 is 17.8 Å². The fourth-order valence-electron chi connectivity index (χ4n) is 1.96. The molecule has 0 aliphatic carbocycles. The van der Waals surface area contributed by atoms with Crippen LogP contribution in [0.5, 0.6) is 5.75 Å². The van der Waals surface area contributed by atoms with E-state index in [1.165, 1.54) is 18.2 Å². The van der Waals surface area contributed by atoms with Crippen LogP contribution in [-0.2, 0) is 9.59 Å². The number of ether oxygens (including phenoxy) is 1. The van der Waals surface area contributed by atoms with Crippen LogP contribution in [-0.4, -0.2) is 24.3 Å². The quantitative estimate of drug-likeness (QED) is 0.477.